The SMILES string of the molecule is CN(C)c1ccc(CCOc2ccc(C(=O)N/C(=C/c3ccc(C(F)(F)F)cc3)C(=O)NCCO)cc2)cc1. The second-order valence-corrected chi connectivity index (χ2v) is 8.80. The third-order valence-electron chi connectivity index (χ3n) is 5.67. The molecule has 3 rings (SSSR count). The third kappa shape index (κ3) is 8.89. The predicted molar refractivity (Wildman–Crippen MR) is 143 cm³/mol. The van der Waals surface area contributed by atoms with E-state index in [1.807, 2.05) is 43.3 Å². The number of hydrogen-bond donors (Lipinski definition) is 3. The zero-order valence-electron chi connectivity index (χ0n) is 21.6. The van der Waals surface area contributed by atoms with Crippen molar-refractivity contribution in [2.24, 2.45) is 0 Å². The molecule has 0 atom stereocenters. The summed E-state index contributed by atoms with van der Waals surface area (Å²) in [5.41, 5.74) is 1.74. The number of nitrogens with one attached hydrogen (secondary N) is 2. The molecule has 0 fully saturated rings. The molecule has 0 aliphatic carbocycles. The van der Waals surface area contributed by atoms with Crippen molar-refractivity contribution >= 4 is 23.6 Å². The molecule has 39 heavy (non-hydrogen) atoms. The van der Waals surface area contributed by atoms with Crippen molar-refractivity contribution in [1.29, 1.82) is 0 Å². The Morgan fingerprint density at radius 1 is 0.949 bits per heavy atom. The number of carbonyl (C=O) groups excluding carboxylic acids is 2. The number of ether oxygens (including phenoxy) is 1. The minimum atomic E-state index is -4.49. The standard InChI is InChI=1S/C29H30F3N3O4/c1-35(2)24-11-5-20(6-12-24)15-18-39-25-13-7-22(8-14-25)27(37)34-26(28(38)33-16-17-36)19-21-3-9-23(10-4-21)29(30,31)32/h3-14,19,36H,15-18H2,1-2H3,(H,33,38)(H,34,37)/b26-19+. The summed E-state index contributed by atoms with van der Waals surface area (Å²) in [7, 11) is 3.95. The van der Waals surface area contributed by atoms with Crippen molar-refractivity contribution in [3.63, 3.8) is 0 Å². The summed E-state index contributed by atoms with van der Waals surface area (Å²) >= 11 is 0. The molecule has 0 bridgehead atoms. The Morgan fingerprint density at radius 2 is 1.59 bits per heavy atom. The third-order valence-corrected chi connectivity index (χ3v) is 5.67. The molecule has 0 saturated heterocycles. The van der Waals surface area contributed by atoms with Crippen LogP contribution in [0.2, 0.25) is 0 Å². The molecule has 0 heterocycles. The maximum atomic E-state index is 12.9. The number of nitrogens with zero attached hydrogens (tertiary/aromatic N) is 1. The van der Waals surface area contributed by atoms with E-state index in [0.29, 0.717) is 18.8 Å². The van der Waals surface area contributed by atoms with Crippen LogP contribution in [0.3, 0.4) is 0 Å². The van der Waals surface area contributed by atoms with Crippen LogP contribution in [0.5, 0.6) is 5.75 Å². The number of rotatable bonds is 11. The van der Waals surface area contributed by atoms with Gasteiger partial charge in [0.2, 0.25) is 0 Å². The van der Waals surface area contributed by atoms with E-state index in [2.05, 4.69) is 10.6 Å². The quantitative estimate of drug-likeness (QED) is 0.316. The molecule has 0 radical (unpaired) electrons. The van der Waals surface area contributed by atoms with Crippen LogP contribution >= 0.6 is 0 Å². The van der Waals surface area contributed by atoms with Crippen LogP contribution in [-0.2, 0) is 17.4 Å². The van der Waals surface area contributed by atoms with Gasteiger partial charge in [-0.05, 0) is 65.7 Å². The van der Waals surface area contributed by atoms with Gasteiger partial charge in [0.1, 0.15) is 11.4 Å². The Hall–Kier alpha value is -4.31. The van der Waals surface area contributed by atoms with Crippen molar-refractivity contribution < 1.29 is 32.6 Å². The maximum Gasteiger partial charge on any atom is 0.416 e. The Bertz CT molecular complexity index is 1270. The molecule has 0 aromatic heterocycles. The van der Waals surface area contributed by atoms with Crippen LogP contribution in [0.1, 0.15) is 27.0 Å². The first-order valence-corrected chi connectivity index (χ1v) is 12.2. The number of amides is 2. The van der Waals surface area contributed by atoms with E-state index in [4.69, 9.17) is 9.84 Å². The number of halogens is 3. The van der Waals surface area contributed by atoms with Crippen molar-refractivity contribution in [3.8, 4) is 5.75 Å². The molecule has 3 aromatic carbocycles. The first kappa shape index (κ1) is 29.2. The van der Waals surface area contributed by atoms with E-state index < -0.39 is 23.6 Å². The molecule has 0 saturated carbocycles. The van der Waals surface area contributed by atoms with Crippen LogP contribution in [0, 0.1) is 0 Å². The van der Waals surface area contributed by atoms with Gasteiger partial charge in [0.15, 0.2) is 0 Å². The predicted octanol–water partition coefficient (Wildman–Crippen LogP) is 4.27. The Balaban J connectivity index is 1.64. The molecule has 2 amide bonds. The Kier molecular flexibility index (Phi) is 10.1. The zero-order chi connectivity index (χ0) is 28.4. The molecule has 3 aromatic rings. The Morgan fingerprint density at radius 3 is 2.15 bits per heavy atom. The second kappa shape index (κ2) is 13.5. The first-order chi connectivity index (χ1) is 18.6. The van der Waals surface area contributed by atoms with Crippen molar-refractivity contribution in [3.05, 3.63) is 101 Å². The smallest absolute Gasteiger partial charge is 0.416 e. The van der Waals surface area contributed by atoms with Gasteiger partial charge in [-0.25, -0.2) is 0 Å². The topological polar surface area (TPSA) is 90.9 Å². The highest BCUT2D eigenvalue weighted by atomic mass is 19.4. The summed E-state index contributed by atoms with van der Waals surface area (Å²) in [6, 6.07) is 18.6. The first-order valence-electron chi connectivity index (χ1n) is 12.2. The lowest BCUT2D eigenvalue weighted by molar-refractivity contribution is -0.137. The van der Waals surface area contributed by atoms with Gasteiger partial charge in [0, 0.05) is 38.3 Å². The summed E-state index contributed by atoms with van der Waals surface area (Å²) < 4.78 is 44.3. The fourth-order valence-electron chi connectivity index (χ4n) is 3.50. The highest BCUT2D eigenvalue weighted by Crippen LogP contribution is 2.29. The number of alkyl halides is 3. The molecule has 0 unspecified atom stereocenters. The molecule has 0 aliphatic heterocycles. The lowest BCUT2D eigenvalue weighted by Gasteiger charge is -2.13. The van der Waals surface area contributed by atoms with Crippen molar-refractivity contribution in [2.45, 2.75) is 12.6 Å². The van der Waals surface area contributed by atoms with E-state index >= 15 is 0 Å². The van der Waals surface area contributed by atoms with Gasteiger partial charge in [0.25, 0.3) is 11.8 Å². The number of hydrogen-bond acceptors (Lipinski definition) is 5. The van der Waals surface area contributed by atoms with Gasteiger partial charge >= 0.3 is 6.18 Å². The maximum absolute atomic E-state index is 12.9. The zero-order valence-corrected chi connectivity index (χ0v) is 21.6. The molecular weight excluding hydrogens is 511 g/mol. The van der Waals surface area contributed by atoms with Crippen LogP contribution in [0.4, 0.5) is 18.9 Å². The average Bonchev–Trinajstić information content (AvgIpc) is 2.91. The van der Waals surface area contributed by atoms with Gasteiger partial charge in [-0.3, -0.25) is 9.59 Å². The number of carbonyl (C=O) groups is 2. The number of anilines is 1. The normalized spacial score (nSPS) is 11.6. The van der Waals surface area contributed by atoms with Gasteiger partial charge < -0.3 is 25.4 Å². The highest BCUT2D eigenvalue weighted by Gasteiger charge is 2.29. The van der Waals surface area contributed by atoms with Crippen LogP contribution in [0.25, 0.3) is 6.08 Å². The second-order valence-electron chi connectivity index (χ2n) is 8.80. The summed E-state index contributed by atoms with van der Waals surface area (Å²) in [6.45, 7) is 0.0545. The molecular formula is C29H30F3N3O4. The molecule has 0 aliphatic rings. The van der Waals surface area contributed by atoms with Gasteiger partial charge in [-0.2, -0.15) is 13.2 Å². The summed E-state index contributed by atoms with van der Waals surface area (Å²) in [4.78, 5) is 27.4. The fraction of sp³-hybridized carbons (Fsp3) is 0.241. The fourth-order valence-corrected chi connectivity index (χ4v) is 3.50. The summed E-state index contributed by atoms with van der Waals surface area (Å²) in [5, 5.41) is 13.9. The Labute approximate surface area is 224 Å². The highest BCUT2D eigenvalue weighted by molar-refractivity contribution is 6.05. The van der Waals surface area contributed by atoms with E-state index in [1.165, 1.54) is 30.3 Å². The van der Waals surface area contributed by atoms with Crippen LogP contribution in [0.15, 0.2) is 78.5 Å². The minimum Gasteiger partial charge on any atom is -0.493 e. The lowest BCUT2D eigenvalue weighted by atomic mass is 10.1. The van der Waals surface area contributed by atoms with Gasteiger partial charge in [-0.15, -0.1) is 0 Å². The van der Waals surface area contributed by atoms with Gasteiger partial charge in [0.05, 0.1) is 18.8 Å². The average molecular weight is 542 g/mol. The lowest BCUT2D eigenvalue weighted by Crippen LogP contribution is -2.36. The van der Waals surface area contributed by atoms with E-state index in [9.17, 15) is 22.8 Å². The number of aliphatic hydroxyl groups excluding tert-OH is 1. The molecule has 10 heteroatoms. The van der Waals surface area contributed by atoms with Crippen LogP contribution < -0.4 is 20.3 Å². The molecule has 0 spiro atoms. The minimum absolute atomic E-state index is 0.0646. The van der Waals surface area contributed by atoms with E-state index in [1.54, 1.807) is 12.1 Å². The van der Waals surface area contributed by atoms with Crippen molar-refractivity contribution in [1.82, 2.24) is 10.6 Å². The number of benzene rings is 3. The molecule has 3 N–H and O–H groups in total. The number of aliphatic hydroxyl groups is 1. The largest absolute Gasteiger partial charge is 0.493 e. The van der Waals surface area contributed by atoms with Gasteiger partial charge in [-0.1, -0.05) is 24.3 Å². The molecule has 7 nitrogen and oxygen atoms in total. The summed E-state index contributed by atoms with van der Waals surface area (Å²) in [5.74, 6) is -0.728. The van der Waals surface area contributed by atoms with E-state index in [0.717, 1.165) is 23.4 Å². The molecule has 206 valence electrons. The van der Waals surface area contributed by atoms with Crippen LogP contribution in [-0.4, -0.2) is 50.8 Å². The van der Waals surface area contributed by atoms with E-state index in [-0.39, 0.29) is 30.0 Å². The van der Waals surface area contributed by atoms with Crippen molar-refractivity contribution in [2.75, 3.05) is 38.8 Å². The summed E-state index contributed by atoms with van der Waals surface area (Å²) in [6.07, 6.45) is -2.53. The monoisotopic (exact) mass is 541 g/mol.